The van der Waals surface area contributed by atoms with E-state index in [1.807, 2.05) is 0 Å². The van der Waals surface area contributed by atoms with Crippen LogP contribution in [0.3, 0.4) is 0 Å². The van der Waals surface area contributed by atoms with E-state index in [4.69, 9.17) is 9.47 Å². The Morgan fingerprint density at radius 3 is 1.68 bits per heavy atom. The summed E-state index contributed by atoms with van der Waals surface area (Å²) in [4.78, 5) is 24.3. The van der Waals surface area contributed by atoms with E-state index in [1.54, 1.807) is 13.8 Å². The van der Waals surface area contributed by atoms with Crippen molar-refractivity contribution < 1.29 is 19.1 Å². The first-order valence-electron chi connectivity index (χ1n) is 8.10. The average Bonchev–Trinajstić information content (AvgIpc) is 2.77. The average molecular weight is 306 g/mol. The minimum absolute atomic E-state index is 0.249. The van der Waals surface area contributed by atoms with Crippen LogP contribution in [-0.2, 0) is 19.1 Å². The van der Waals surface area contributed by atoms with E-state index in [1.165, 1.54) is 6.42 Å². The highest BCUT2D eigenvalue weighted by molar-refractivity contribution is 5.89. The van der Waals surface area contributed by atoms with Crippen molar-refractivity contribution >= 4 is 11.9 Å². The molecule has 2 aliphatic rings. The number of hydrogen-bond donors (Lipinski definition) is 0. The van der Waals surface area contributed by atoms with E-state index >= 15 is 0 Å². The highest BCUT2D eigenvalue weighted by atomic mass is 16.7. The third-order valence-electron chi connectivity index (χ3n) is 4.99. The SMILES string of the molecule is C=C(C)C(=O)OC1(OC(=O)C(=C)C)CCCC12CCCCC2. The lowest BCUT2D eigenvalue weighted by Gasteiger charge is -2.46. The van der Waals surface area contributed by atoms with Crippen molar-refractivity contribution in [1.82, 2.24) is 0 Å². The highest BCUT2D eigenvalue weighted by Crippen LogP contribution is 2.57. The normalized spacial score (nSPS) is 22.1. The summed E-state index contributed by atoms with van der Waals surface area (Å²) in [6, 6.07) is 0. The zero-order valence-corrected chi connectivity index (χ0v) is 13.7. The fourth-order valence-corrected chi connectivity index (χ4v) is 3.79. The van der Waals surface area contributed by atoms with E-state index in [-0.39, 0.29) is 5.41 Å². The molecule has 2 saturated carbocycles. The van der Waals surface area contributed by atoms with Gasteiger partial charge in [0.05, 0.1) is 0 Å². The lowest BCUT2D eigenvalue weighted by atomic mass is 9.69. The van der Waals surface area contributed by atoms with E-state index < -0.39 is 17.7 Å². The molecule has 22 heavy (non-hydrogen) atoms. The van der Waals surface area contributed by atoms with Gasteiger partial charge in [-0.2, -0.15) is 0 Å². The van der Waals surface area contributed by atoms with Gasteiger partial charge in [-0.1, -0.05) is 32.4 Å². The summed E-state index contributed by atoms with van der Waals surface area (Å²) in [6.45, 7) is 10.5. The van der Waals surface area contributed by atoms with Gasteiger partial charge in [-0.25, -0.2) is 9.59 Å². The molecule has 0 amide bonds. The second-order valence-electron chi connectivity index (χ2n) is 6.79. The first kappa shape index (κ1) is 16.8. The molecule has 0 N–H and O–H groups in total. The summed E-state index contributed by atoms with van der Waals surface area (Å²) >= 11 is 0. The topological polar surface area (TPSA) is 52.6 Å². The van der Waals surface area contributed by atoms with Gasteiger partial charge in [-0.3, -0.25) is 0 Å². The Kier molecular flexibility index (Phi) is 4.78. The maximum atomic E-state index is 12.1. The van der Waals surface area contributed by atoms with Gasteiger partial charge in [-0.15, -0.1) is 0 Å². The summed E-state index contributed by atoms with van der Waals surface area (Å²) in [5.74, 6) is -2.12. The summed E-state index contributed by atoms with van der Waals surface area (Å²) < 4.78 is 11.5. The molecular formula is C18H26O4. The van der Waals surface area contributed by atoms with Crippen molar-refractivity contribution in [1.29, 1.82) is 0 Å². The lowest BCUT2D eigenvalue weighted by Crippen LogP contribution is -2.52. The Labute approximate surface area is 132 Å². The van der Waals surface area contributed by atoms with E-state index in [9.17, 15) is 9.59 Å². The molecule has 0 bridgehead atoms. The van der Waals surface area contributed by atoms with Crippen molar-refractivity contribution in [2.45, 2.75) is 71.0 Å². The first-order valence-corrected chi connectivity index (χ1v) is 8.10. The van der Waals surface area contributed by atoms with Crippen molar-refractivity contribution in [3.63, 3.8) is 0 Å². The van der Waals surface area contributed by atoms with Crippen molar-refractivity contribution in [2.24, 2.45) is 5.41 Å². The fraction of sp³-hybridized carbons (Fsp3) is 0.667. The minimum atomic E-state index is -1.15. The first-order chi connectivity index (χ1) is 10.3. The number of rotatable bonds is 4. The van der Waals surface area contributed by atoms with E-state index in [0.717, 1.165) is 38.5 Å². The van der Waals surface area contributed by atoms with Gasteiger partial charge >= 0.3 is 11.9 Å². The predicted octanol–water partition coefficient (Wildman–Crippen LogP) is 4.06. The van der Waals surface area contributed by atoms with Gasteiger partial charge in [0.15, 0.2) is 0 Å². The minimum Gasteiger partial charge on any atom is -0.419 e. The molecule has 0 aromatic carbocycles. The Balaban J connectivity index is 2.35. The van der Waals surface area contributed by atoms with Gasteiger partial charge in [0, 0.05) is 23.0 Å². The molecule has 2 fully saturated rings. The zero-order chi connectivity index (χ0) is 16.4. The van der Waals surface area contributed by atoms with Gasteiger partial charge < -0.3 is 9.47 Å². The molecule has 0 aromatic rings. The molecule has 1 spiro atoms. The summed E-state index contributed by atoms with van der Waals surface area (Å²) in [7, 11) is 0. The van der Waals surface area contributed by atoms with Crippen molar-refractivity contribution in [3.8, 4) is 0 Å². The van der Waals surface area contributed by atoms with Gasteiger partial charge in [0.2, 0.25) is 0 Å². The molecule has 0 radical (unpaired) electrons. The van der Waals surface area contributed by atoms with E-state index in [0.29, 0.717) is 17.6 Å². The van der Waals surface area contributed by atoms with Gasteiger partial charge in [0.1, 0.15) is 0 Å². The number of ether oxygens (including phenoxy) is 2. The van der Waals surface area contributed by atoms with Crippen LogP contribution in [0.25, 0.3) is 0 Å². The fourth-order valence-electron chi connectivity index (χ4n) is 3.79. The molecule has 0 heterocycles. The summed E-state index contributed by atoms with van der Waals surface area (Å²) in [5, 5.41) is 0. The molecule has 4 nitrogen and oxygen atoms in total. The Morgan fingerprint density at radius 1 is 0.773 bits per heavy atom. The van der Waals surface area contributed by atoms with Crippen LogP contribution in [0.15, 0.2) is 24.3 Å². The van der Waals surface area contributed by atoms with Crippen LogP contribution in [0.5, 0.6) is 0 Å². The van der Waals surface area contributed by atoms with Crippen LogP contribution in [0.1, 0.15) is 65.2 Å². The second kappa shape index (κ2) is 6.27. The smallest absolute Gasteiger partial charge is 0.336 e. The van der Waals surface area contributed by atoms with Crippen LogP contribution in [0.2, 0.25) is 0 Å². The molecule has 4 heteroatoms. The molecule has 2 rings (SSSR count). The number of carbonyl (C=O) groups is 2. The molecular weight excluding hydrogens is 280 g/mol. The maximum Gasteiger partial charge on any atom is 0.336 e. The predicted molar refractivity (Wildman–Crippen MR) is 83.9 cm³/mol. The molecule has 122 valence electrons. The van der Waals surface area contributed by atoms with E-state index in [2.05, 4.69) is 13.2 Å². The second-order valence-corrected chi connectivity index (χ2v) is 6.79. The molecule has 0 aromatic heterocycles. The third kappa shape index (κ3) is 2.96. The van der Waals surface area contributed by atoms with Gasteiger partial charge in [-0.05, 0) is 39.5 Å². The highest BCUT2D eigenvalue weighted by Gasteiger charge is 2.60. The summed E-state index contributed by atoms with van der Waals surface area (Å²) in [6.07, 6.45) is 7.59. The van der Waals surface area contributed by atoms with Crippen LogP contribution < -0.4 is 0 Å². The monoisotopic (exact) mass is 306 g/mol. The quantitative estimate of drug-likeness (QED) is 0.446. The van der Waals surface area contributed by atoms with Crippen LogP contribution in [-0.4, -0.2) is 17.7 Å². The van der Waals surface area contributed by atoms with Crippen LogP contribution in [0, 0.1) is 5.41 Å². The Bertz CT molecular complexity index is 469. The largest absolute Gasteiger partial charge is 0.419 e. The van der Waals surface area contributed by atoms with Crippen molar-refractivity contribution in [3.05, 3.63) is 24.3 Å². The Morgan fingerprint density at radius 2 is 1.23 bits per heavy atom. The van der Waals surface area contributed by atoms with Crippen molar-refractivity contribution in [2.75, 3.05) is 0 Å². The zero-order valence-electron chi connectivity index (χ0n) is 13.7. The number of carbonyl (C=O) groups excluding carboxylic acids is 2. The number of esters is 2. The summed E-state index contributed by atoms with van der Waals surface area (Å²) in [5.41, 5.74) is 0.397. The number of hydrogen-bond acceptors (Lipinski definition) is 4. The molecule has 2 aliphatic carbocycles. The lowest BCUT2D eigenvalue weighted by molar-refractivity contribution is -0.264. The van der Waals surface area contributed by atoms with Gasteiger partial charge in [0.25, 0.3) is 5.79 Å². The standard InChI is InChI=1S/C18H26O4/c1-13(2)15(19)21-18(22-16(20)14(3)4)12-8-11-17(18)9-6-5-7-10-17/h1,3,5-12H2,2,4H3. The molecule has 0 aliphatic heterocycles. The molecule has 0 unspecified atom stereocenters. The maximum absolute atomic E-state index is 12.1. The third-order valence-corrected chi connectivity index (χ3v) is 4.99. The Hall–Kier alpha value is -1.58. The molecule has 0 saturated heterocycles. The van der Waals surface area contributed by atoms with Crippen LogP contribution in [0.4, 0.5) is 0 Å². The molecule has 0 atom stereocenters. The van der Waals surface area contributed by atoms with Crippen LogP contribution >= 0.6 is 0 Å².